The Balaban J connectivity index is 0.000000659. The first-order chi connectivity index (χ1) is 8.65. The van der Waals surface area contributed by atoms with Crippen LogP contribution in [0.4, 0.5) is 0 Å². The number of rotatable bonds is 2. The summed E-state index contributed by atoms with van der Waals surface area (Å²) in [7, 11) is 0. The van der Waals surface area contributed by atoms with Crippen molar-refractivity contribution in [2.24, 2.45) is 17.3 Å². The van der Waals surface area contributed by atoms with E-state index in [9.17, 15) is 0 Å². The van der Waals surface area contributed by atoms with E-state index in [0.717, 1.165) is 17.3 Å². The molecule has 1 saturated carbocycles. The Labute approximate surface area is 116 Å². The Bertz CT molecular complexity index is 182. The molecule has 1 heteroatoms. The zero-order chi connectivity index (χ0) is 14.2. The molecule has 0 bridgehead atoms. The molecule has 1 spiro atoms. The fourth-order valence-corrected chi connectivity index (χ4v) is 3.36. The van der Waals surface area contributed by atoms with Gasteiger partial charge in [0.05, 0.1) is 0 Å². The second-order valence-corrected chi connectivity index (χ2v) is 5.88. The molecule has 1 nitrogen and oxygen atoms in total. The third-order valence-corrected chi connectivity index (χ3v) is 4.60. The van der Waals surface area contributed by atoms with Gasteiger partial charge in [0.25, 0.3) is 0 Å². The summed E-state index contributed by atoms with van der Waals surface area (Å²) in [5.41, 5.74) is 0.765. The largest absolute Gasteiger partial charge is 0.302 e. The second kappa shape index (κ2) is 8.96. The lowest BCUT2D eigenvalue weighted by Crippen LogP contribution is -2.57. The highest BCUT2D eigenvalue weighted by Gasteiger charge is 2.44. The van der Waals surface area contributed by atoms with E-state index in [0.29, 0.717) is 0 Å². The Morgan fingerprint density at radius 3 is 1.78 bits per heavy atom. The van der Waals surface area contributed by atoms with Crippen molar-refractivity contribution in [1.82, 2.24) is 4.90 Å². The molecule has 1 saturated heterocycles. The average Bonchev–Trinajstić information content (AvgIpc) is 2.40. The highest BCUT2D eigenvalue weighted by atomic mass is 15.2. The molecule has 18 heavy (non-hydrogen) atoms. The molecule has 0 atom stereocenters. The molecule has 0 unspecified atom stereocenters. The molecule has 0 amide bonds. The minimum atomic E-state index is 0.765. The Hall–Kier alpha value is -0.0400. The standard InChI is InChI=1S/C13H25N.2C2H6/c1-4-14-9-13(10-14)7-5-12(6-8-13)11(2)3;2*1-2/h11-12H,4-10H2,1-3H3;2*1-2H3. The van der Waals surface area contributed by atoms with Gasteiger partial charge in [-0.15, -0.1) is 0 Å². The second-order valence-electron chi connectivity index (χ2n) is 5.88. The van der Waals surface area contributed by atoms with Gasteiger partial charge in [0.1, 0.15) is 0 Å². The highest BCUT2D eigenvalue weighted by molar-refractivity contribution is 4.97. The van der Waals surface area contributed by atoms with Gasteiger partial charge in [-0.2, -0.15) is 0 Å². The Morgan fingerprint density at radius 1 is 1.00 bits per heavy atom. The van der Waals surface area contributed by atoms with Crippen molar-refractivity contribution < 1.29 is 0 Å². The Morgan fingerprint density at radius 2 is 1.44 bits per heavy atom. The minimum absolute atomic E-state index is 0.765. The van der Waals surface area contributed by atoms with Gasteiger partial charge >= 0.3 is 0 Å². The van der Waals surface area contributed by atoms with E-state index in [1.165, 1.54) is 45.3 Å². The summed E-state index contributed by atoms with van der Waals surface area (Å²) >= 11 is 0. The van der Waals surface area contributed by atoms with Crippen molar-refractivity contribution in [3.05, 3.63) is 0 Å². The van der Waals surface area contributed by atoms with Crippen molar-refractivity contribution in [2.75, 3.05) is 19.6 Å². The van der Waals surface area contributed by atoms with E-state index < -0.39 is 0 Å². The number of likely N-dealkylation sites (tertiary alicyclic amines) is 1. The number of hydrogen-bond donors (Lipinski definition) is 0. The summed E-state index contributed by atoms with van der Waals surface area (Å²) in [4.78, 5) is 2.59. The van der Waals surface area contributed by atoms with Crippen LogP contribution < -0.4 is 0 Å². The maximum Gasteiger partial charge on any atom is 0.00504 e. The van der Waals surface area contributed by atoms with Gasteiger partial charge in [0.2, 0.25) is 0 Å². The van der Waals surface area contributed by atoms with Gasteiger partial charge in [0.15, 0.2) is 0 Å². The van der Waals surface area contributed by atoms with Crippen LogP contribution in [-0.2, 0) is 0 Å². The van der Waals surface area contributed by atoms with Crippen LogP contribution in [0.3, 0.4) is 0 Å². The van der Waals surface area contributed by atoms with Gasteiger partial charge in [0, 0.05) is 13.1 Å². The van der Waals surface area contributed by atoms with E-state index >= 15 is 0 Å². The predicted octanol–water partition coefficient (Wildman–Crippen LogP) is 5.21. The fraction of sp³-hybridized carbons (Fsp3) is 1.00. The topological polar surface area (TPSA) is 3.24 Å². The van der Waals surface area contributed by atoms with Gasteiger partial charge in [-0.05, 0) is 49.5 Å². The predicted molar refractivity (Wildman–Crippen MR) is 84.0 cm³/mol. The van der Waals surface area contributed by atoms with Crippen molar-refractivity contribution in [2.45, 2.75) is 74.1 Å². The van der Waals surface area contributed by atoms with Crippen LogP contribution in [0.1, 0.15) is 74.1 Å². The molecule has 0 radical (unpaired) electrons. The first-order valence-electron chi connectivity index (χ1n) is 8.37. The first kappa shape index (κ1) is 18.0. The van der Waals surface area contributed by atoms with Crippen LogP contribution in [-0.4, -0.2) is 24.5 Å². The van der Waals surface area contributed by atoms with Crippen LogP contribution in [0, 0.1) is 17.3 Å². The molecule has 0 aromatic heterocycles. The molecule has 2 fully saturated rings. The molecular formula is C17H37N. The maximum absolute atomic E-state index is 2.59. The summed E-state index contributed by atoms with van der Waals surface area (Å²) in [5.74, 6) is 1.94. The maximum atomic E-state index is 2.59. The minimum Gasteiger partial charge on any atom is -0.302 e. The van der Waals surface area contributed by atoms with Gasteiger partial charge in [-0.1, -0.05) is 48.5 Å². The number of hydrogen-bond acceptors (Lipinski definition) is 1. The average molecular weight is 255 g/mol. The molecule has 1 heterocycles. The third kappa shape index (κ3) is 4.57. The quantitative estimate of drug-likeness (QED) is 0.655. The van der Waals surface area contributed by atoms with E-state index in [2.05, 4.69) is 25.7 Å². The van der Waals surface area contributed by atoms with Crippen molar-refractivity contribution in [3.63, 3.8) is 0 Å². The van der Waals surface area contributed by atoms with Crippen LogP contribution in [0.2, 0.25) is 0 Å². The molecular weight excluding hydrogens is 218 g/mol. The zero-order valence-corrected chi connectivity index (χ0v) is 14.1. The van der Waals surface area contributed by atoms with Crippen molar-refractivity contribution in [3.8, 4) is 0 Å². The molecule has 1 aliphatic carbocycles. The zero-order valence-electron chi connectivity index (χ0n) is 14.1. The van der Waals surface area contributed by atoms with Crippen molar-refractivity contribution >= 4 is 0 Å². The highest BCUT2D eigenvalue weighted by Crippen LogP contribution is 2.46. The smallest absolute Gasteiger partial charge is 0.00504 e. The lowest BCUT2D eigenvalue weighted by Gasteiger charge is -2.54. The third-order valence-electron chi connectivity index (χ3n) is 4.60. The van der Waals surface area contributed by atoms with E-state index in [1.54, 1.807) is 0 Å². The summed E-state index contributed by atoms with van der Waals surface area (Å²) in [6, 6.07) is 0. The normalized spacial score (nSPS) is 22.7. The SMILES string of the molecule is CC.CC.CCN1CC2(CCC(C(C)C)CC2)C1. The summed E-state index contributed by atoms with van der Waals surface area (Å²) < 4.78 is 0. The number of nitrogens with zero attached hydrogens (tertiary/aromatic N) is 1. The monoisotopic (exact) mass is 255 g/mol. The molecule has 110 valence electrons. The van der Waals surface area contributed by atoms with Crippen LogP contribution in [0.25, 0.3) is 0 Å². The van der Waals surface area contributed by atoms with Crippen LogP contribution in [0.15, 0.2) is 0 Å². The molecule has 0 N–H and O–H groups in total. The van der Waals surface area contributed by atoms with Crippen LogP contribution in [0.5, 0.6) is 0 Å². The van der Waals surface area contributed by atoms with Gasteiger partial charge in [-0.25, -0.2) is 0 Å². The van der Waals surface area contributed by atoms with Gasteiger partial charge < -0.3 is 4.90 Å². The Kier molecular flexibility index (Phi) is 8.94. The lowest BCUT2D eigenvalue weighted by atomic mass is 9.64. The molecule has 2 aliphatic rings. The fourth-order valence-electron chi connectivity index (χ4n) is 3.36. The summed E-state index contributed by atoms with van der Waals surface area (Å²) in [6.45, 7) is 19.1. The molecule has 1 aliphatic heterocycles. The molecule has 2 rings (SSSR count). The molecule has 0 aromatic carbocycles. The van der Waals surface area contributed by atoms with E-state index in [-0.39, 0.29) is 0 Å². The van der Waals surface area contributed by atoms with Crippen LogP contribution >= 0.6 is 0 Å². The summed E-state index contributed by atoms with van der Waals surface area (Å²) in [6.07, 6.45) is 6.00. The van der Waals surface area contributed by atoms with E-state index in [1.807, 2.05) is 27.7 Å². The molecule has 0 aromatic rings. The lowest BCUT2D eigenvalue weighted by molar-refractivity contribution is -0.0389. The first-order valence-corrected chi connectivity index (χ1v) is 8.37. The van der Waals surface area contributed by atoms with Crippen molar-refractivity contribution in [1.29, 1.82) is 0 Å². The van der Waals surface area contributed by atoms with E-state index in [4.69, 9.17) is 0 Å². The summed E-state index contributed by atoms with van der Waals surface area (Å²) in [5, 5.41) is 0. The van der Waals surface area contributed by atoms with Gasteiger partial charge in [-0.3, -0.25) is 0 Å².